The molecule has 0 radical (unpaired) electrons. The molecule has 5 nitrogen and oxygen atoms in total. The van der Waals surface area contributed by atoms with Crippen molar-refractivity contribution in [1.29, 1.82) is 0 Å². The van der Waals surface area contributed by atoms with Crippen molar-refractivity contribution in [2.75, 3.05) is 39.4 Å². The Morgan fingerprint density at radius 1 is 1.39 bits per heavy atom. The van der Waals surface area contributed by atoms with Gasteiger partial charge in [-0.05, 0) is 12.1 Å². The number of hydrogen-bond donors (Lipinski definition) is 0. The highest BCUT2D eigenvalue weighted by Crippen LogP contribution is 2.31. The van der Waals surface area contributed by atoms with Crippen LogP contribution in [0.3, 0.4) is 0 Å². The van der Waals surface area contributed by atoms with Gasteiger partial charge in [-0.1, -0.05) is 0 Å². The van der Waals surface area contributed by atoms with Crippen molar-refractivity contribution in [1.82, 2.24) is 14.8 Å². The lowest BCUT2D eigenvalue weighted by atomic mass is 10.1. The summed E-state index contributed by atoms with van der Waals surface area (Å²) in [7, 11) is 0. The van der Waals surface area contributed by atoms with Crippen LogP contribution in [-0.4, -0.2) is 60.1 Å². The zero-order chi connectivity index (χ0) is 16.9. The summed E-state index contributed by atoms with van der Waals surface area (Å²) in [6.07, 6.45) is -3.17. The van der Waals surface area contributed by atoms with Crippen molar-refractivity contribution in [3.05, 3.63) is 29.6 Å². The van der Waals surface area contributed by atoms with Crippen LogP contribution in [0.4, 0.5) is 13.2 Å². The van der Waals surface area contributed by atoms with E-state index in [4.69, 9.17) is 4.74 Å². The molecule has 0 aliphatic carbocycles. The van der Waals surface area contributed by atoms with E-state index in [0.29, 0.717) is 26.3 Å². The maximum atomic E-state index is 13.0. The SMILES string of the molecule is CC(=O)N(CCN1CCOCC1)Cc1ncccc1C(F)(F)F. The molecule has 1 fully saturated rings. The van der Waals surface area contributed by atoms with Crippen LogP contribution < -0.4 is 0 Å². The molecule has 0 atom stereocenters. The van der Waals surface area contributed by atoms with Gasteiger partial charge in [-0.2, -0.15) is 13.2 Å². The second kappa shape index (κ2) is 7.74. The average Bonchev–Trinajstić information content (AvgIpc) is 2.51. The van der Waals surface area contributed by atoms with E-state index in [1.54, 1.807) is 0 Å². The maximum absolute atomic E-state index is 13.0. The quantitative estimate of drug-likeness (QED) is 0.825. The number of amides is 1. The molecule has 128 valence electrons. The number of pyridine rings is 1. The number of carbonyl (C=O) groups excluding carboxylic acids is 1. The number of alkyl halides is 3. The van der Waals surface area contributed by atoms with E-state index in [0.717, 1.165) is 19.2 Å². The van der Waals surface area contributed by atoms with Gasteiger partial charge in [0.25, 0.3) is 0 Å². The smallest absolute Gasteiger partial charge is 0.379 e. The predicted molar refractivity (Wildman–Crippen MR) is 77.6 cm³/mol. The van der Waals surface area contributed by atoms with E-state index in [1.807, 2.05) is 0 Å². The normalized spacial score (nSPS) is 16.3. The van der Waals surface area contributed by atoms with E-state index in [2.05, 4.69) is 9.88 Å². The van der Waals surface area contributed by atoms with E-state index < -0.39 is 11.7 Å². The minimum Gasteiger partial charge on any atom is -0.379 e. The molecule has 2 rings (SSSR count). The number of morpholine rings is 1. The number of aromatic nitrogens is 1. The van der Waals surface area contributed by atoms with E-state index in [-0.39, 0.29) is 18.1 Å². The minimum absolute atomic E-state index is 0.128. The van der Waals surface area contributed by atoms with Crippen molar-refractivity contribution in [2.24, 2.45) is 0 Å². The molecule has 0 bridgehead atoms. The summed E-state index contributed by atoms with van der Waals surface area (Å²) in [5.41, 5.74) is -0.921. The molecule has 1 aliphatic rings. The molecular formula is C15H20F3N3O2. The van der Waals surface area contributed by atoms with Crippen molar-refractivity contribution in [3.63, 3.8) is 0 Å². The molecule has 1 aliphatic heterocycles. The molecule has 0 saturated carbocycles. The molecule has 23 heavy (non-hydrogen) atoms. The average molecular weight is 331 g/mol. The van der Waals surface area contributed by atoms with E-state index >= 15 is 0 Å². The van der Waals surface area contributed by atoms with Crippen LogP contribution in [0.25, 0.3) is 0 Å². The Morgan fingerprint density at radius 2 is 2.09 bits per heavy atom. The highest BCUT2D eigenvalue weighted by atomic mass is 19.4. The summed E-state index contributed by atoms with van der Waals surface area (Å²) < 4.78 is 44.3. The molecular weight excluding hydrogens is 311 g/mol. The third kappa shape index (κ3) is 5.18. The Bertz CT molecular complexity index is 531. The molecule has 1 aromatic rings. The molecule has 1 aromatic heterocycles. The summed E-state index contributed by atoms with van der Waals surface area (Å²) in [6.45, 7) is 4.99. The molecule has 0 unspecified atom stereocenters. The number of rotatable bonds is 5. The van der Waals surface area contributed by atoms with Gasteiger partial charge in [0.2, 0.25) is 5.91 Å². The monoisotopic (exact) mass is 331 g/mol. The Kier molecular flexibility index (Phi) is 5.95. The summed E-state index contributed by atoms with van der Waals surface area (Å²) >= 11 is 0. The zero-order valence-electron chi connectivity index (χ0n) is 13.0. The van der Waals surface area contributed by atoms with Gasteiger partial charge in [0.15, 0.2) is 0 Å². The first-order valence-electron chi connectivity index (χ1n) is 7.44. The van der Waals surface area contributed by atoms with Crippen LogP contribution in [0.5, 0.6) is 0 Å². The van der Waals surface area contributed by atoms with E-state index in [1.165, 1.54) is 24.1 Å². The number of nitrogens with zero attached hydrogens (tertiary/aromatic N) is 3. The Balaban J connectivity index is 2.03. The number of halogens is 3. The molecule has 2 heterocycles. The van der Waals surface area contributed by atoms with Crippen LogP contribution >= 0.6 is 0 Å². The van der Waals surface area contributed by atoms with Gasteiger partial charge in [0, 0.05) is 39.3 Å². The lowest BCUT2D eigenvalue weighted by Gasteiger charge is -2.30. The van der Waals surface area contributed by atoms with Crippen LogP contribution in [0.1, 0.15) is 18.2 Å². The van der Waals surface area contributed by atoms with Gasteiger partial charge >= 0.3 is 6.18 Å². The topological polar surface area (TPSA) is 45.7 Å². The molecule has 0 aromatic carbocycles. The largest absolute Gasteiger partial charge is 0.418 e. The second-order valence-electron chi connectivity index (χ2n) is 5.39. The van der Waals surface area contributed by atoms with Crippen molar-refractivity contribution < 1.29 is 22.7 Å². The highest BCUT2D eigenvalue weighted by Gasteiger charge is 2.34. The molecule has 8 heteroatoms. The fourth-order valence-electron chi connectivity index (χ4n) is 2.44. The Morgan fingerprint density at radius 3 is 2.70 bits per heavy atom. The molecule has 1 saturated heterocycles. The number of ether oxygens (including phenoxy) is 1. The van der Waals surface area contributed by atoms with Crippen molar-refractivity contribution in [3.8, 4) is 0 Å². The first-order chi connectivity index (χ1) is 10.9. The predicted octanol–water partition coefficient (Wildman–Crippen LogP) is 1.78. The second-order valence-corrected chi connectivity index (χ2v) is 5.39. The maximum Gasteiger partial charge on any atom is 0.418 e. The fraction of sp³-hybridized carbons (Fsp3) is 0.600. The van der Waals surface area contributed by atoms with Crippen LogP contribution in [0, 0.1) is 0 Å². The minimum atomic E-state index is -4.48. The molecule has 0 N–H and O–H groups in total. The zero-order valence-corrected chi connectivity index (χ0v) is 13.0. The van der Waals surface area contributed by atoms with Gasteiger partial charge in [0.1, 0.15) is 0 Å². The van der Waals surface area contributed by atoms with Crippen molar-refractivity contribution in [2.45, 2.75) is 19.6 Å². The third-order valence-corrected chi connectivity index (χ3v) is 3.77. The molecule has 0 spiro atoms. The Hall–Kier alpha value is -1.67. The van der Waals surface area contributed by atoms with Gasteiger partial charge in [-0.25, -0.2) is 0 Å². The van der Waals surface area contributed by atoms with Gasteiger partial charge in [-0.3, -0.25) is 14.7 Å². The fourth-order valence-corrected chi connectivity index (χ4v) is 2.44. The van der Waals surface area contributed by atoms with Gasteiger partial charge < -0.3 is 9.64 Å². The van der Waals surface area contributed by atoms with Crippen LogP contribution in [0.15, 0.2) is 18.3 Å². The molecule has 1 amide bonds. The van der Waals surface area contributed by atoms with Gasteiger partial charge in [-0.15, -0.1) is 0 Å². The lowest BCUT2D eigenvalue weighted by Crippen LogP contribution is -2.42. The van der Waals surface area contributed by atoms with Crippen LogP contribution in [0.2, 0.25) is 0 Å². The number of hydrogen-bond acceptors (Lipinski definition) is 4. The standard InChI is InChI=1S/C15H20F3N3O2/c1-12(22)21(6-5-20-7-9-23-10-8-20)11-14-13(15(16,17)18)3-2-4-19-14/h2-4H,5-11H2,1H3. The lowest BCUT2D eigenvalue weighted by molar-refractivity contribution is -0.140. The summed E-state index contributed by atoms with van der Waals surface area (Å²) in [5.74, 6) is -0.267. The summed E-state index contributed by atoms with van der Waals surface area (Å²) in [6, 6.07) is 2.24. The Labute approximate surface area is 133 Å². The number of carbonyl (C=O) groups is 1. The van der Waals surface area contributed by atoms with E-state index in [9.17, 15) is 18.0 Å². The third-order valence-electron chi connectivity index (χ3n) is 3.77. The summed E-state index contributed by atoms with van der Waals surface area (Å²) in [5, 5.41) is 0. The van der Waals surface area contributed by atoms with Crippen molar-refractivity contribution >= 4 is 5.91 Å². The highest BCUT2D eigenvalue weighted by molar-refractivity contribution is 5.73. The first-order valence-corrected chi connectivity index (χ1v) is 7.44. The van der Waals surface area contributed by atoms with Crippen LogP contribution in [-0.2, 0) is 22.3 Å². The first kappa shape index (κ1) is 17.7. The van der Waals surface area contributed by atoms with Gasteiger partial charge in [0.05, 0.1) is 31.0 Å². The summed E-state index contributed by atoms with van der Waals surface area (Å²) in [4.78, 5) is 19.1.